The predicted molar refractivity (Wildman–Crippen MR) is 107 cm³/mol. The molecule has 1 heterocycles. The molecule has 3 atom stereocenters. The molecule has 1 aromatic carbocycles. The van der Waals surface area contributed by atoms with Crippen LogP contribution in [0.15, 0.2) is 30.3 Å². The molecule has 2 aliphatic rings. The fraction of sp³-hybridized carbons (Fsp3) is 0.545. The van der Waals surface area contributed by atoms with Crippen LogP contribution in [0.2, 0.25) is 0 Å². The third-order valence-electron chi connectivity index (χ3n) is 5.74. The Morgan fingerprint density at radius 2 is 1.93 bits per heavy atom. The summed E-state index contributed by atoms with van der Waals surface area (Å²) in [7, 11) is 1.26. The van der Waals surface area contributed by atoms with E-state index in [1.807, 2.05) is 30.3 Å². The van der Waals surface area contributed by atoms with Gasteiger partial charge in [-0.2, -0.15) is 0 Å². The molecular formula is C22H28N2O6. The molecule has 0 spiro atoms. The van der Waals surface area contributed by atoms with Crippen molar-refractivity contribution in [1.29, 1.82) is 0 Å². The molecule has 0 aromatic heterocycles. The monoisotopic (exact) mass is 416 g/mol. The van der Waals surface area contributed by atoms with Crippen molar-refractivity contribution in [2.75, 3.05) is 13.7 Å². The van der Waals surface area contributed by atoms with E-state index in [1.165, 1.54) is 12.0 Å². The molecule has 2 amide bonds. The van der Waals surface area contributed by atoms with Gasteiger partial charge in [0.05, 0.1) is 7.11 Å². The Kier molecular flexibility index (Phi) is 7.43. The molecule has 1 aromatic rings. The average Bonchev–Trinajstić information content (AvgIpc) is 3.26. The number of Topliss-reactive ketones (excluding diaryl/α,β-unsaturated/α-hetero) is 1. The maximum Gasteiger partial charge on any atom is 0.410 e. The second-order valence-corrected chi connectivity index (χ2v) is 7.80. The minimum atomic E-state index is -0.894. The summed E-state index contributed by atoms with van der Waals surface area (Å²) in [6, 6.07) is 7.70. The van der Waals surface area contributed by atoms with Crippen LogP contribution >= 0.6 is 0 Å². The van der Waals surface area contributed by atoms with Crippen LogP contribution in [-0.2, 0) is 30.5 Å². The van der Waals surface area contributed by atoms with E-state index >= 15 is 0 Å². The van der Waals surface area contributed by atoms with E-state index in [4.69, 9.17) is 9.47 Å². The van der Waals surface area contributed by atoms with Crippen molar-refractivity contribution in [3.05, 3.63) is 35.9 Å². The van der Waals surface area contributed by atoms with Crippen molar-refractivity contribution in [2.45, 2.75) is 57.2 Å². The van der Waals surface area contributed by atoms with Crippen molar-refractivity contribution >= 4 is 23.8 Å². The predicted octanol–water partition coefficient (Wildman–Crippen LogP) is 2.20. The lowest BCUT2D eigenvalue weighted by atomic mass is 9.83. The van der Waals surface area contributed by atoms with E-state index in [2.05, 4.69) is 5.32 Å². The van der Waals surface area contributed by atoms with E-state index in [9.17, 15) is 19.2 Å². The van der Waals surface area contributed by atoms with E-state index in [0.29, 0.717) is 38.6 Å². The summed E-state index contributed by atoms with van der Waals surface area (Å²) in [4.78, 5) is 51.0. The normalized spacial score (nSPS) is 22.3. The quantitative estimate of drug-likeness (QED) is 0.714. The van der Waals surface area contributed by atoms with Crippen LogP contribution in [-0.4, -0.2) is 54.4 Å². The molecule has 3 rings (SSSR count). The summed E-state index contributed by atoms with van der Waals surface area (Å²) in [6.07, 6.45) is 2.70. The largest absolute Gasteiger partial charge is 0.467 e. The van der Waals surface area contributed by atoms with E-state index in [1.54, 1.807) is 0 Å². The number of nitrogens with one attached hydrogen (secondary N) is 1. The van der Waals surface area contributed by atoms with Crippen LogP contribution in [0.3, 0.4) is 0 Å². The number of benzene rings is 1. The first-order valence-corrected chi connectivity index (χ1v) is 10.4. The first-order valence-electron chi connectivity index (χ1n) is 10.4. The molecule has 8 heteroatoms. The molecule has 1 saturated carbocycles. The Morgan fingerprint density at radius 3 is 2.63 bits per heavy atom. The van der Waals surface area contributed by atoms with Crippen LogP contribution in [0.1, 0.15) is 44.1 Å². The zero-order valence-electron chi connectivity index (χ0n) is 17.2. The number of amides is 2. The highest BCUT2D eigenvalue weighted by molar-refractivity contribution is 5.90. The van der Waals surface area contributed by atoms with Gasteiger partial charge in [-0.3, -0.25) is 14.5 Å². The van der Waals surface area contributed by atoms with Gasteiger partial charge < -0.3 is 14.8 Å². The second-order valence-electron chi connectivity index (χ2n) is 7.80. The summed E-state index contributed by atoms with van der Waals surface area (Å²) >= 11 is 0. The lowest BCUT2D eigenvalue weighted by Gasteiger charge is -2.30. The summed E-state index contributed by atoms with van der Waals surface area (Å²) in [5.74, 6) is -1.19. The third-order valence-corrected chi connectivity index (χ3v) is 5.74. The van der Waals surface area contributed by atoms with Crippen LogP contribution in [0.25, 0.3) is 0 Å². The summed E-state index contributed by atoms with van der Waals surface area (Å²) in [5.41, 5.74) is 0.860. The average molecular weight is 416 g/mol. The minimum absolute atomic E-state index is 0.0846. The van der Waals surface area contributed by atoms with E-state index in [-0.39, 0.29) is 24.7 Å². The van der Waals surface area contributed by atoms with Gasteiger partial charge in [-0.15, -0.1) is 0 Å². The number of carbonyl (C=O) groups is 4. The van der Waals surface area contributed by atoms with Crippen LogP contribution in [0, 0.1) is 5.92 Å². The first kappa shape index (κ1) is 21.8. The first-order chi connectivity index (χ1) is 14.5. The topological polar surface area (TPSA) is 102 Å². The maximum absolute atomic E-state index is 12.9. The molecule has 0 radical (unpaired) electrons. The summed E-state index contributed by atoms with van der Waals surface area (Å²) in [5, 5.41) is 2.74. The number of likely N-dealkylation sites (tertiary alicyclic amines) is 1. The Morgan fingerprint density at radius 1 is 1.17 bits per heavy atom. The number of methoxy groups -OCH3 is 1. The SMILES string of the molecule is COC(=O)[C@@H](NC(=O)[C@H]1CCCN1C(=O)OCc1ccccc1)[C@@H]1CCCC(=O)C1. The van der Waals surface area contributed by atoms with Crippen LogP contribution < -0.4 is 5.32 Å². The lowest BCUT2D eigenvalue weighted by molar-refractivity contribution is -0.148. The summed E-state index contributed by atoms with van der Waals surface area (Å²) in [6.45, 7) is 0.538. The zero-order valence-corrected chi connectivity index (χ0v) is 17.2. The molecule has 30 heavy (non-hydrogen) atoms. The Balaban J connectivity index is 1.62. The van der Waals surface area contributed by atoms with Crippen molar-refractivity contribution in [3.63, 3.8) is 0 Å². The molecule has 162 valence electrons. The second kappa shape index (κ2) is 10.2. The molecular weight excluding hydrogens is 388 g/mol. The van der Waals surface area contributed by atoms with Crippen LogP contribution in [0.4, 0.5) is 4.79 Å². The highest BCUT2D eigenvalue weighted by Gasteiger charge is 2.39. The van der Waals surface area contributed by atoms with Crippen molar-refractivity contribution in [1.82, 2.24) is 10.2 Å². The summed E-state index contributed by atoms with van der Waals surface area (Å²) < 4.78 is 10.2. The van der Waals surface area contributed by atoms with Crippen molar-refractivity contribution < 1.29 is 28.7 Å². The molecule has 1 aliphatic heterocycles. The molecule has 1 aliphatic carbocycles. The number of ether oxygens (including phenoxy) is 2. The van der Waals surface area contributed by atoms with Gasteiger partial charge in [0.1, 0.15) is 24.5 Å². The molecule has 1 saturated heterocycles. The molecule has 0 bridgehead atoms. The standard InChI is InChI=1S/C22H28N2O6/c1-29-21(27)19(16-9-5-10-17(25)13-16)23-20(26)18-11-6-12-24(18)22(28)30-14-15-7-3-2-4-8-15/h2-4,7-8,16,18-19H,5-6,9-14H2,1H3,(H,23,26)/t16-,18-,19+/m1/s1. The highest BCUT2D eigenvalue weighted by atomic mass is 16.6. The Hall–Kier alpha value is -2.90. The molecule has 8 nitrogen and oxygen atoms in total. The zero-order chi connectivity index (χ0) is 21.5. The van der Waals surface area contributed by atoms with Crippen molar-refractivity contribution in [2.24, 2.45) is 5.92 Å². The number of carbonyl (C=O) groups excluding carboxylic acids is 4. The molecule has 0 unspecified atom stereocenters. The number of hydrogen-bond acceptors (Lipinski definition) is 6. The number of rotatable bonds is 6. The van der Waals surface area contributed by atoms with Crippen molar-refractivity contribution in [3.8, 4) is 0 Å². The lowest BCUT2D eigenvalue weighted by Crippen LogP contribution is -2.54. The van der Waals surface area contributed by atoms with E-state index < -0.39 is 30.1 Å². The number of nitrogens with zero attached hydrogens (tertiary/aromatic N) is 1. The van der Waals surface area contributed by atoms with Gasteiger partial charge in [0.25, 0.3) is 0 Å². The van der Waals surface area contributed by atoms with Gasteiger partial charge >= 0.3 is 12.1 Å². The smallest absolute Gasteiger partial charge is 0.410 e. The van der Waals surface area contributed by atoms with Gasteiger partial charge in [0.15, 0.2) is 0 Å². The van der Waals surface area contributed by atoms with Gasteiger partial charge in [0.2, 0.25) is 5.91 Å². The highest BCUT2D eigenvalue weighted by Crippen LogP contribution is 2.26. The molecule has 1 N–H and O–H groups in total. The fourth-order valence-corrected chi connectivity index (χ4v) is 4.15. The molecule has 2 fully saturated rings. The Labute approximate surface area is 175 Å². The number of ketones is 1. The van der Waals surface area contributed by atoms with Gasteiger partial charge in [-0.1, -0.05) is 30.3 Å². The maximum atomic E-state index is 12.9. The third kappa shape index (κ3) is 5.37. The minimum Gasteiger partial charge on any atom is -0.467 e. The fourth-order valence-electron chi connectivity index (χ4n) is 4.15. The number of esters is 1. The number of hydrogen-bond donors (Lipinski definition) is 1. The van der Waals surface area contributed by atoms with Gasteiger partial charge in [-0.05, 0) is 37.2 Å². The van der Waals surface area contributed by atoms with Gasteiger partial charge in [0, 0.05) is 19.4 Å². The van der Waals surface area contributed by atoms with Crippen LogP contribution in [0.5, 0.6) is 0 Å². The van der Waals surface area contributed by atoms with E-state index in [0.717, 1.165) is 5.56 Å². The Bertz CT molecular complexity index is 781. The van der Waals surface area contributed by atoms with Gasteiger partial charge in [-0.25, -0.2) is 9.59 Å².